The van der Waals surface area contributed by atoms with Crippen molar-refractivity contribution in [3.63, 3.8) is 0 Å². The Hall–Kier alpha value is -10.1. The van der Waals surface area contributed by atoms with Crippen molar-refractivity contribution in [2.45, 2.75) is 178 Å². The third-order valence-electron chi connectivity index (χ3n) is 17.3. The number of unbranched alkanes of at least 4 members (excludes halogenated alkanes) is 2. The van der Waals surface area contributed by atoms with Gasteiger partial charge in [-0.15, -0.1) is 0 Å². The van der Waals surface area contributed by atoms with Crippen LogP contribution >= 0.6 is 0 Å². The summed E-state index contributed by atoms with van der Waals surface area (Å²) < 4.78 is 0. The van der Waals surface area contributed by atoms with Gasteiger partial charge in [-0.3, -0.25) is 48.3 Å². The van der Waals surface area contributed by atoms with Gasteiger partial charge in [-0.2, -0.15) is 0 Å². The molecule has 10 atom stereocenters. The zero-order chi connectivity index (χ0) is 72.1. The van der Waals surface area contributed by atoms with Crippen molar-refractivity contribution in [1.29, 1.82) is 0 Å². The van der Waals surface area contributed by atoms with E-state index in [1.165, 1.54) is 0 Å². The molecule has 3 aromatic heterocycles. The molecule has 0 spiro atoms. The first-order valence-corrected chi connectivity index (χ1v) is 34.0. The summed E-state index contributed by atoms with van der Waals surface area (Å²) >= 11 is 0. The summed E-state index contributed by atoms with van der Waals surface area (Å²) in [6, 6.07) is 10.1. The van der Waals surface area contributed by atoms with Crippen LogP contribution in [-0.4, -0.2) is 166 Å². The molecule has 99 heavy (non-hydrogen) atoms. The lowest BCUT2D eigenvalue weighted by Gasteiger charge is -2.29. The highest BCUT2D eigenvalue weighted by atomic mass is 16.4. The number of hydrogen-bond acceptors (Lipinski definition) is 14. The number of carboxylic acids is 1. The van der Waals surface area contributed by atoms with Crippen LogP contribution in [0.2, 0.25) is 0 Å². The second kappa shape index (κ2) is 39.4. The van der Waals surface area contributed by atoms with Gasteiger partial charge in [-0.05, 0) is 130 Å². The first kappa shape index (κ1) is 77.9. The monoisotopic (exact) mass is 1370 g/mol. The van der Waals surface area contributed by atoms with Gasteiger partial charge in [0.25, 0.3) is 0 Å². The lowest BCUT2D eigenvalue weighted by molar-refractivity contribution is -0.143. The molecule has 6 rings (SSSR count). The van der Waals surface area contributed by atoms with Crippen molar-refractivity contribution >= 4 is 97.9 Å². The maximum atomic E-state index is 15.5. The second-order valence-electron chi connectivity index (χ2n) is 25.5. The number of guanidine groups is 2. The van der Waals surface area contributed by atoms with Crippen LogP contribution in [0, 0.1) is 11.8 Å². The van der Waals surface area contributed by atoms with Gasteiger partial charge in [0, 0.05) is 83.7 Å². The molecular formula is C69H102N20O10. The molecule has 0 unspecified atom stereocenters. The fourth-order valence-electron chi connectivity index (χ4n) is 11.7. The van der Waals surface area contributed by atoms with Gasteiger partial charge in [-0.25, -0.2) is 4.79 Å². The van der Waals surface area contributed by atoms with E-state index in [0.29, 0.717) is 72.7 Å². The Labute approximate surface area is 575 Å². The SMILES string of the molecule is CC[C@H](C)[C@H](NC(=O)[C@H](CCCCN)NC(=O)[C@H](Cc1c[nH]c2ccccc12)NC(=O)[C@H](Cc1c[nH]c2ccccc12)NC(=O)[C@H](CCCN=C(N)N)NC(=O)[C@H](Cc1c[nH]c2ccccc12)NC(=O)[C@H](CCCN=C(N)N)NC(=O)[C@@H](N)CC(C)C)C(=O)N[C@@H](CCCCN)C(=O)O. The summed E-state index contributed by atoms with van der Waals surface area (Å²) in [6.45, 7) is 8.06. The minimum Gasteiger partial charge on any atom is -0.480 e. The third kappa shape index (κ3) is 24.2. The van der Waals surface area contributed by atoms with Crippen molar-refractivity contribution in [2.75, 3.05) is 26.2 Å². The number of hydrogen-bond donors (Lipinski definition) is 19. The highest BCUT2D eigenvalue weighted by Gasteiger charge is 2.37. The van der Waals surface area contributed by atoms with Crippen LogP contribution in [0.4, 0.5) is 0 Å². The summed E-state index contributed by atoms with van der Waals surface area (Å²) in [6.07, 6.45) is 7.53. The van der Waals surface area contributed by atoms with Crippen LogP contribution in [0.5, 0.6) is 0 Å². The number of nitrogens with zero attached hydrogens (tertiary/aromatic N) is 2. The predicted molar refractivity (Wildman–Crippen MR) is 382 cm³/mol. The van der Waals surface area contributed by atoms with Gasteiger partial charge < -0.3 is 103 Å². The number of aliphatic carboxylic acids is 1. The lowest BCUT2D eigenvalue weighted by Crippen LogP contribution is -2.61. The zero-order valence-electron chi connectivity index (χ0n) is 57.0. The number of rotatable bonds is 43. The number of H-pyrrole nitrogens is 3. The molecule has 0 radical (unpaired) electrons. The maximum absolute atomic E-state index is 15.5. The number of nitrogens with two attached hydrogens (primary N) is 7. The Morgan fingerprint density at radius 1 is 0.434 bits per heavy atom. The highest BCUT2D eigenvalue weighted by molar-refractivity contribution is 5.99. The molecule has 538 valence electrons. The minimum atomic E-state index is -1.50. The minimum absolute atomic E-state index is 0.0130. The largest absolute Gasteiger partial charge is 0.480 e. The summed E-state index contributed by atoms with van der Waals surface area (Å²) in [5.74, 6) is -8.26. The Balaban J connectivity index is 1.37. The summed E-state index contributed by atoms with van der Waals surface area (Å²) in [5, 5.41) is 34.7. The van der Waals surface area contributed by atoms with E-state index in [-0.39, 0.29) is 95.3 Å². The van der Waals surface area contributed by atoms with Crippen molar-refractivity contribution in [3.05, 3.63) is 108 Å². The van der Waals surface area contributed by atoms with Crippen molar-refractivity contribution in [1.82, 2.24) is 57.5 Å². The fourth-order valence-corrected chi connectivity index (χ4v) is 11.7. The van der Waals surface area contributed by atoms with Gasteiger partial charge in [0.1, 0.15) is 48.3 Å². The zero-order valence-corrected chi connectivity index (χ0v) is 57.0. The predicted octanol–water partition coefficient (Wildman–Crippen LogP) is 0.906. The number of fused-ring (bicyclic) bond motifs is 3. The second-order valence-corrected chi connectivity index (χ2v) is 25.5. The molecule has 3 aromatic carbocycles. The molecule has 0 saturated heterocycles. The quantitative estimate of drug-likeness (QED) is 0.0144. The van der Waals surface area contributed by atoms with Crippen LogP contribution in [-0.2, 0) is 62.4 Å². The molecule has 0 fully saturated rings. The summed E-state index contributed by atoms with van der Waals surface area (Å²) in [5.41, 5.74) is 44.5. The van der Waals surface area contributed by atoms with Gasteiger partial charge in [0.2, 0.25) is 47.3 Å². The van der Waals surface area contributed by atoms with Crippen LogP contribution in [0.3, 0.4) is 0 Å². The Morgan fingerprint density at radius 3 is 1.11 bits per heavy atom. The molecule has 30 nitrogen and oxygen atoms in total. The molecule has 8 amide bonds. The van der Waals surface area contributed by atoms with E-state index in [1.54, 1.807) is 25.5 Å². The standard InChI is InChI=1S/C69H102N20O10/c1-5-40(4)58(66(97)85-54(67(98)99)25-13-15-29-71)89-62(93)51(24-12-14-28-70)83-64(95)56(34-42-37-80-49-22-10-7-19-45(42)49)88-65(96)57(35-43-38-81-50-23-11-8-20-46(43)50)87-61(92)53(27-17-31-78-69(75)76)84-63(94)55(33-41-36-79-48-21-9-6-18-44(41)48)86-60(91)52(26-16-30-77-68(73)74)82-59(90)47(72)32-39(2)3/h6-11,18-23,36-40,47,51-58,79-81H,5,12-17,24-35,70-72H2,1-4H3,(H,82,90)(H,83,95)(H,84,94)(H,85,97)(H,86,91)(H,87,92)(H,88,96)(H,89,93)(H,98,99)(H4,73,74,77)(H4,75,76,78)/t40-,47-,51-,52-,53-,54-,55-,56-,57-,58-/m0/s1. The van der Waals surface area contributed by atoms with E-state index in [1.807, 2.05) is 93.6 Å². The Morgan fingerprint density at radius 2 is 0.758 bits per heavy atom. The van der Waals surface area contributed by atoms with Crippen molar-refractivity contribution in [2.24, 2.45) is 62.0 Å². The van der Waals surface area contributed by atoms with Gasteiger partial charge in [-0.1, -0.05) is 88.7 Å². The molecule has 0 aliphatic heterocycles. The Kier molecular flexibility index (Phi) is 31.0. The topological polar surface area (TPSA) is 524 Å². The summed E-state index contributed by atoms with van der Waals surface area (Å²) in [7, 11) is 0. The van der Waals surface area contributed by atoms with Crippen molar-refractivity contribution < 1.29 is 48.3 Å². The van der Waals surface area contributed by atoms with Crippen LogP contribution in [0.1, 0.15) is 121 Å². The molecule has 30 heteroatoms. The van der Waals surface area contributed by atoms with Crippen molar-refractivity contribution in [3.8, 4) is 0 Å². The normalized spacial score (nSPS) is 14.4. The molecule has 26 N–H and O–H groups in total. The number of carbonyl (C=O) groups excluding carboxylic acids is 8. The fraction of sp³-hybridized carbons (Fsp3) is 0.493. The average molecular weight is 1370 g/mol. The maximum Gasteiger partial charge on any atom is 0.326 e. The molecule has 3 heterocycles. The van der Waals surface area contributed by atoms with E-state index < -0.39 is 114 Å². The highest BCUT2D eigenvalue weighted by Crippen LogP contribution is 2.24. The Bertz CT molecular complexity index is 3720. The smallest absolute Gasteiger partial charge is 0.326 e. The molecule has 6 aromatic rings. The molecule has 0 aliphatic carbocycles. The molecular weight excluding hydrogens is 1270 g/mol. The summed E-state index contributed by atoms with van der Waals surface area (Å²) in [4.78, 5) is 148. The number of carboxylic acid groups (broad SMARTS) is 1. The number of nitrogens with one attached hydrogen (secondary N) is 11. The molecule has 0 saturated carbocycles. The van der Waals surface area contributed by atoms with E-state index >= 15 is 19.2 Å². The van der Waals surface area contributed by atoms with Crippen LogP contribution in [0.15, 0.2) is 101 Å². The number of amides is 8. The first-order chi connectivity index (χ1) is 47.4. The third-order valence-corrected chi connectivity index (χ3v) is 17.3. The van der Waals surface area contributed by atoms with E-state index in [4.69, 9.17) is 40.1 Å². The number of aliphatic imine (C=N–C) groups is 2. The van der Waals surface area contributed by atoms with E-state index in [0.717, 1.165) is 21.8 Å². The van der Waals surface area contributed by atoms with Gasteiger partial charge in [0.05, 0.1) is 6.04 Å². The lowest BCUT2D eigenvalue weighted by atomic mass is 9.96. The number of aromatic nitrogens is 3. The van der Waals surface area contributed by atoms with Crippen LogP contribution in [0.25, 0.3) is 32.7 Å². The van der Waals surface area contributed by atoms with E-state index in [2.05, 4.69) is 67.5 Å². The van der Waals surface area contributed by atoms with Gasteiger partial charge >= 0.3 is 5.97 Å². The molecule has 0 bridgehead atoms. The van der Waals surface area contributed by atoms with Gasteiger partial charge in [0.15, 0.2) is 11.9 Å². The average Bonchev–Trinajstić information content (AvgIpc) is 1.74. The van der Waals surface area contributed by atoms with E-state index in [9.17, 15) is 29.1 Å². The number of aromatic amines is 3. The number of benzene rings is 3. The number of para-hydroxylation sites is 3. The van der Waals surface area contributed by atoms with Crippen LogP contribution < -0.4 is 82.7 Å². The molecule has 0 aliphatic rings. The first-order valence-electron chi connectivity index (χ1n) is 34.0. The number of carbonyl (C=O) groups is 9.